The van der Waals surface area contributed by atoms with Crippen molar-refractivity contribution in [2.75, 3.05) is 19.7 Å². The number of hydrogen-bond donors (Lipinski definition) is 10. The predicted molar refractivity (Wildman–Crippen MR) is 179 cm³/mol. The Morgan fingerprint density at radius 1 is 0.765 bits per heavy atom. The van der Waals surface area contributed by atoms with Crippen molar-refractivity contribution in [1.29, 1.82) is 0 Å². The fraction of sp³-hybridized carbons (Fsp3) is 0.500. The molecule has 4 amide bonds. The fourth-order valence-electron chi connectivity index (χ4n) is 5.11. The number of carbonyl (C=O) groups is 5. The van der Waals surface area contributed by atoms with Gasteiger partial charge in [0.25, 0.3) is 0 Å². The third-order valence-electron chi connectivity index (χ3n) is 7.92. The summed E-state index contributed by atoms with van der Waals surface area (Å²) in [6.07, 6.45) is -8.09. The molecule has 0 saturated carbocycles. The second-order valence-corrected chi connectivity index (χ2v) is 12.6. The Balaban J connectivity index is 1.57. The minimum absolute atomic E-state index is 0.0188. The van der Waals surface area contributed by atoms with E-state index in [9.17, 15) is 49.5 Å². The first-order valence-electron chi connectivity index (χ1n) is 16.4. The van der Waals surface area contributed by atoms with E-state index >= 15 is 0 Å². The lowest BCUT2D eigenvalue weighted by atomic mass is 9.99. The summed E-state index contributed by atoms with van der Waals surface area (Å²) in [5.74, 6) is -3.73. The van der Waals surface area contributed by atoms with E-state index in [2.05, 4.69) is 21.3 Å². The van der Waals surface area contributed by atoms with E-state index in [0.29, 0.717) is 11.1 Å². The van der Waals surface area contributed by atoms with Crippen LogP contribution in [0.2, 0.25) is 0 Å². The van der Waals surface area contributed by atoms with Gasteiger partial charge in [0.15, 0.2) is 6.29 Å². The standard InChI is InChI=1S/C34H47N5O12/c1-18(2)12-24(33(48)50-17-25-28(43)29(44)30(45)34(49)51-25)39-32(47)23(14-19-6-4-3-5-7-19)38-27(42)16-36-26(41)15-37-31(46)22(35)13-20-8-10-21(40)11-9-20/h3-11,18,22-25,28-30,34,40,43-45,49H,12-17,35H2,1-2H3,(H,36,41)(H,37,46)(H,38,42)(H,39,47)/t22-,23-,24-,25+,28+,29-,30+,34?/m0/s1. The molecule has 2 aromatic carbocycles. The van der Waals surface area contributed by atoms with Crippen LogP contribution in [0.5, 0.6) is 5.75 Å². The van der Waals surface area contributed by atoms with Crippen molar-refractivity contribution < 1.29 is 59.0 Å². The van der Waals surface area contributed by atoms with Gasteiger partial charge in [-0.05, 0) is 42.0 Å². The van der Waals surface area contributed by atoms with Crippen LogP contribution in [-0.4, -0.2) is 124 Å². The second-order valence-electron chi connectivity index (χ2n) is 12.6. The lowest BCUT2D eigenvalue weighted by Gasteiger charge is -2.38. The lowest BCUT2D eigenvalue weighted by Crippen LogP contribution is -2.59. The average Bonchev–Trinajstić information content (AvgIpc) is 3.10. The third-order valence-corrected chi connectivity index (χ3v) is 7.92. The Kier molecular flexibility index (Phi) is 15.7. The molecule has 0 aromatic heterocycles. The number of hydrogen-bond acceptors (Lipinski definition) is 13. The predicted octanol–water partition coefficient (Wildman–Crippen LogP) is -2.90. The summed E-state index contributed by atoms with van der Waals surface area (Å²) in [5, 5.41) is 58.8. The van der Waals surface area contributed by atoms with Crippen molar-refractivity contribution >= 4 is 29.6 Å². The summed E-state index contributed by atoms with van der Waals surface area (Å²) in [4.78, 5) is 64.3. The number of nitrogens with one attached hydrogen (secondary N) is 4. The van der Waals surface area contributed by atoms with E-state index in [-0.39, 0.29) is 30.9 Å². The highest BCUT2D eigenvalue weighted by Crippen LogP contribution is 2.20. The summed E-state index contributed by atoms with van der Waals surface area (Å²) in [5.41, 5.74) is 7.30. The average molecular weight is 718 g/mol. The monoisotopic (exact) mass is 717 g/mol. The Morgan fingerprint density at radius 3 is 2.04 bits per heavy atom. The molecular weight excluding hydrogens is 670 g/mol. The first-order valence-corrected chi connectivity index (χ1v) is 16.4. The van der Waals surface area contributed by atoms with Crippen LogP contribution in [0.15, 0.2) is 54.6 Å². The molecule has 280 valence electrons. The maximum atomic E-state index is 13.5. The summed E-state index contributed by atoms with van der Waals surface area (Å²) >= 11 is 0. The molecule has 0 bridgehead atoms. The highest BCUT2D eigenvalue weighted by atomic mass is 16.6. The highest BCUT2D eigenvalue weighted by molar-refractivity contribution is 5.93. The number of nitrogens with two attached hydrogens (primary N) is 1. The van der Waals surface area contributed by atoms with Gasteiger partial charge in [0.2, 0.25) is 23.6 Å². The van der Waals surface area contributed by atoms with Gasteiger partial charge in [0, 0.05) is 6.42 Å². The molecule has 3 rings (SSSR count). The summed E-state index contributed by atoms with van der Waals surface area (Å²) in [6.45, 7) is 1.97. The van der Waals surface area contributed by atoms with Crippen LogP contribution in [0, 0.1) is 5.92 Å². The van der Waals surface area contributed by atoms with Crippen molar-refractivity contribution in [2.45, 2.75) is 81.9 Å². The third kappa shape index (κ3) is 13.2. The molecule has 1 aliphatic heterocycles. The first kappa shape index (κ1) is 40.8. The van der Waals surface area contributed by atoms with Gasteiger partial charge in [-0.3, -0.25) is 19.2 Å². The molecule has 0 spiro atoms. The van der Waals surface area contributed by atoms with E-state index in [0.717, 1.165) is 0 Å². The normalized spacial score (nSPS) is 21.8. The first-order chi connectivity index (χ1) is 24.1. The zero-order valence-corrected chi connectivity index (χ0v) is 28.3. The van der Waals surface area contributed by atoms with Crippen LogP contribution in [-0.2, 0) is 46.3 Å². The number of benzene rings is 2. The number of phenols is 1. The fourth-order valence-corrected chi connectivity index (χ4v) is 5.11. The number of carbonyl (C=O) groups excluding carboxylic acids is 5. The minimum Gasteiger partial charge on any atom is -0.508 e. The Labute approximate surface area is 294 Å². The Hall–Kier alpha value is -4.65. The summed E-state index contributed by atoms with van der Waals surface area (Å²) < 4.78 is 10.3. The van der Waals surface area contributed by atoms with Gasteiger partial charge in [-0.2, -0.15) is 0 Å². The molecule has 0 aliphatic carbocycles. The lowest BCUT2D eigenvalue weighted by molar-refractivity contribution is -0.287. The second kappa shape index (κ2) is 19.7. The number of aromatic hydroxyl groups is 1. The van der Waals surface area contributed by atoms with Crippen molar-refractivity contribution in [3.63, 3.8) is 0 Å². The number of phenolic OH excluding ortho intramolecular Hbond substituents is 1. The SMILES string of the molecule is CC(C)C[C@H](NC(=O)[C@H](Cc1ccccc1)NC(=O)CNC(=O)CNC(=O)[C@@H](N)Cc1ccc(O)cc1)C(=O)OC[C@H]1OC(O)[C@H](O)[C@@H](O)[C@@H]1O. The maximum absolute atomic E-state index is 13.5. The molecule has 1 fully saturated rings. The largest absolute Gasteiger partial charge is 0.508 e. The van der Waals surface area contributed by atoms with E-state index in [1.54, 1.807) is 56.3 Å². The molecule has 1 aliphatic rings. The molecule has 17 nitrogen and oxygen atoms in total. The van der Waals surface area contributed by atoms with E-state index in [4.69, 9.17) is 15.2 Å². The topological polar surface area (TPSA) is 279 Å². The van der Waals surface area contributed by atoms with Crippen LogP contribution >= 0.6 is 0 Å². The van der Waals surface area contributed by atoms with Crippen LogP contribution in [0.1, 0.15) is 31.4 Å². The van der Waals surface area contributed by atoms with Crippen LogP contribution < -0.4 is 27.0 Å². The van der Waals surface area contributed by atoms with E-state index in [1.807, 2.05) is 0 Å². The van der Waals surface area contributed by atoms with Gasteiger partial charge in [-0.15, -0.1) is 0 Å². The molecule has 1 saturated heterocycles. The molecular formula is C34H47N5O12. The summed E-state index contributed by atoms with van der Waals surface area (Å²) in [6, 6.07) is 11.5. The number of aliphatic hydroxyl groups is 4. The molecule has 2 aromatic rings. The van der Waals surface area contributed by atoms with Crippen molar-refractivity contribution in [1.82, 2.24) is 21.3 Å². The number of rotatable bonds is 17. The van der Waals surface area contributed by atoms with Crippen LogP contribution in [0.4, 0.5) is 0 Å². The molecule has 8 atom stereocenters. The molecule has 51 heavy (non-hydrogen) atoms. The van der Waals surface area contributed by atoms with Crippen LogP contribution in [0.3, 0.4) is 0 Å². The molecule has 1 heterocycles. The van der Waals surface area contributed by atoms with E-state index < -0.39 is 98.1 Å². The number of ether oxygens (including phenoxy) is 2. The van der Waals surface area contributed by atoms with Gasteiger partial charge in [-0.25, -0.2) is 4.79 Å². The van der Waals surface area contributed by atoms with Crippen molar-refractivity contribution in [3.05, 3.63) is 65.7 Å². The van der Waals surface area contributed by atoms with E-state index in [1.165, 1.54) is 12.1 Å². The highest BCUT2D eigenvalue weighted by Gasteiger charge is 2.43. The van der Waals surface area contributed by atoms with Crippen molar-refractivity contribution in [3.8, 4) is 5.75 Å². The van der Waals surface area contributed by atoms with Gasteiger partial charge < -0.3 is 62.0 Å². The van der Waals surface area contributed by atoms with Crippen LogP contribution in [0.25, 0.3) is 0 Å². The Bertz CT molecular complexity index is 1460. The smallest absolute Gasteiger partial charge is 0.328 e. The minimum atomic E-state index is -1.83. The number of amides is 4. The summed E-state index contributed by atoms with van der Waals surface area (Å²) in [7, 11) is 0. The molecule has 11 N–H and O–H groups in total. The Morgan fingerprint density at radius 2 is 1.39 bits per heavy atom. The van der Waals surface area contributed by atoms with Crippen molar-refractivity contribution in [2.24, 2.45) is 11.7 Å². The zero-order valence-electron chi connectivity index (χ0n) is 28.3. The quantitative estimate of drug-likeness (QED) is 0.0736. The van der Waals surface area contributed by atoms with Gasteiger partial charge in [-0.1, -0.05) is 56.3 Å². The molecule has 1 unspecified atom stereocenters. The van der Waals surface area contributed by atoms with Gasteiger partial charge in [0.05, 0.1) is 19.1 Å². The molecule has 0 radical (unpaired) electrons. The molecule has 17 heteroatoms. The maximum Gasteiger partial charge on any atom is 0.328 e. The van der Waals surface area contributed by atoms with Gasteiger partial charge in [0.1, 0.15) is 48.9 Å². The van der Waals surface area contributed by atoms with Gasteiger partial charge >= 0.3 is 5.97 Å². The number of aliphatic hydroxyl groups excluding tert-OH is 4. The zero-order chi connectivity index (χ0) is 37.7. The number of esters is 1.